The highest BCUT2D eigenvalue weighted by Crippen LogP contribution is 2.05. The minimum absolute atomic E-state index is 0.148. The number of carbonyl (C=O) groups excluding carboxylic acids is 1. The normalized spacial score (nSPS) is 10.2. The van der Waals surface area contributed by atoms with Crippen LogP contribution < -0.4 is 0 Å². The highest BCUT2D eigenvalue weighted by molar-refractivity contribution is 7.03. The Labute approximate surface area is 89.0 Å². The summed E-state index contributed by atoms with van der Waals surface area (Å²) in [5.74, 6) is -0.649. The topological polar surface area (TPSA) is 55.7 Å². The van der Waals surface area contributed by atoms with Gasteiger partial charge in [-0.05, 0) is 23.7 Å². The monoisotopic (exact) mass is 223 g/mol. The number of ketones is 1. The van der Waals surface area contributed by atoms with Crippen molar-refractivity contribution >= 4 is 17.3 Å². The maximum Gasteiger partial charge on any atom is 0.187 e. The fourth-order valence-corrected chi connectivity index (χ4v) is 1.51. The van der Waals surface area contributed by atoms with Crippen LogP contribution in [0.1, 0.15) is 16.2 Å². The zero-order valence-electron chi connectivity index (χ0n) is 7.55. The molecule has 0 unspecified atom stereocenters. The van der Waals surface area contributed by atoms with Crippen molar-refractivity contribution in [3.05, 3.63) is 40.9 Å². The van der Waals surface area contributed by atoms with Crippen LogP contribution in [-0.2, 0) is 6.42 Å². The van der Waals surface area contributed by atoms with Gasteiger partial charge in [-0.3, -0.25) is 9.78 Å². The van der Waals surface area contributed by atoms with Crippen molar-refractivity contribution in [1.82, 2.24) is 14.6 Å². The highest BCUT2D eigenvalue weighted by atomic mass is 32.1. The van der Waals surface area contributed by atoms with Gasteiger partial charge >= 0.3 is 0 Å². The van der Waals surface area contributed by atoms with Crippen molar-refractivity contribution in [1.29, 1.82) is 0 Å². The number of aromatic nitrogens is 3. The van der Waals surface area contributed by atoms with Crippen molar-refractivity contribution < 1.29 is 9.18 Å². The van der Waals surface area contributed by atoms with Gasteiger partial charge in [-0.15, -0.1) is 5.10 Å². The molecule has 0 radical (unpaired) electrons. The molecule has 0 saturated heterocycles. The predicted octanol–water partition coefficient (Wildman–Crippen LogP) is 1.50. The minimum Gasteiger partial charge on any atom is -0.292 e. The molecule has 4 nitrogen and oxygen atoms in total. The van der Waals surface area contributed by atoms with Crippen LogP contribution in [0, 0.1) is 5.82 Å². The fraction of sp³-hybridized carbons (Fsp3) is 0.111. The van der Waals surface area contributed by atoms with E-state index in [4.69, 9.17) is 0 Å². The van der Waals surface area contributed by atoms with Gasteiger partial charge < -0.3 is 0 Å². The van der Waals surface area contributed by atoms with E-state index in [1.807, 2.05) is 0 Å². The number of pyridine rings is 1. The van der Waals surface area contributed by atoms with Gasteiger partial charge in [-0.25, -0.2) is 4.39 Å². The van der Waals surface area contributed by atoms with E-state index in [9.17, 15) is 9.18 Å². The molecule has 0 aliphatic rings. The van der Waals surface area contributed by atoms with Crippen molar-refractivity contribution in [3.63, 3.8) is 0 Å². The van der Waals surface area contributed by atoms with Gasteiger partial charge in [0.25, 0.3) is 0 Å². The first-order valence-corrected chi connectivity index (χ1v) is 5.00. The summed E-state index contributed by atoms with van der Waals surface area (Å²) in [4.78, 5) is 15.3. The number of rotatable bonds is 3. The fourth-order valence-electron chi connectivity index (χ4n) is 1.06. The molecular formula is C9H6FN3OS. The molecule has 0 amide bonds. The summed E-state index contributed by atoms with van der Waals surface area (Å²) in [5.41, 5.74) is 0.848. The van der Waals surface area contributed by atoms with Gasteiger partial charge in [0.1, 0.15) is 11.5 Å². The van der Waals surface area contributed by atoms with E-state index in [2.05, 4.69) is 14.6 Å². The summed E-state index contributed by atoms with van der Waals surface area (Å²) in [6.07, 6.45) is 1.17. The van der Waals surface area contributed by atoms with Crippen molar-refractivity contribution in [2.45, 2.75) is 6.42 Å². The van der Waals surface area contributed by atoms with Crippen LogP contribution in [0.15, 0.2) is 23.7 Å². The molecule has 0 bridgehead atoms. The lowest BCUT2D eigenvalue weighted by Gasteiger charge is -1.96. The van der Waals surface area contributed by atoms with Gasteiger partial charge in [0, 0.05) is 5.38 Å². The highest BCUT2D eigenvalue weighted by Gasteiger charge is 2.10. The van der Waals surface area contributed by atoms with Gasteiger partial charge in [0.15, 0.2) is 5.78 Å². The third kappa shape index (κ3) is 2.41. The lowest BCUT2D eigenvalue weighted by atomic mass is 10.1. The molecule has 0 aliphatic heterocycles. The molecule has 0 atom stereocenters. The van der Waals surface area contributed by atoms with E-state index in [0.29, 0.717) is 5.69 Å². The van der Waals surface area contributed by atoms with Crippen LogP contribution in [0.4, 0.5) is 4.39 Å². The smallest absolute Gasteiger partial charge is 0.187 e. The van der Waals surface area contributed by atoms with Crippen LogP contribution in [-0.4, -0.2) is 20.4 Å². The standard InChI is InChI=1S/C9H6FN3OS/c10-6-1-2-8(11-4-6)9(14)3-7-5-15-13-12-7/h1-2,4-5H,3H2. The maximum absolute atomic E-state index is 12.5. The molecular weight excluding hydrogens is 217 g/mol. The molecule has 76 valence electrons. The lowest BCUT2D eigenvalue weighted by Crippen LogP contribution is -2.06. The SMILES string of the molecule is O=C(Cc1csnn1)c1ccc(F)cn1. The molecule has 6 heteroatoms. The first kappa shape index (κ1) is 9.85. The summed E-state index contributed by atoms with van der Waals surface area (Å²) in [5, 5.41) is 5.44. The van der Waals surface area contributed by atoms with Crippen LogP contribution in [0.25, 0.3) is 0 Å². The van der Waals surface area contributed by atoms with Crippen molar-refractivity contribution in [3.8, 4) is 0 Å². The Morgan fingerprint density at radius 1 is 1.47 bits per heavy atom. The van der Waals surface area contributed by atoms with Crippen LogP contribution in [0.3, 0.4) is 0 Å². The number of Topliss-reactive ketones (excluding diaryl/α,β-unsaturated/α-hetero) is 1. The third-order valence-electron chi connectivity index (χ3n) is 1.76. The second-order valence-corrected chi connectivity index (χ2v) is 3.47. The number of halogens is 1. The second-order valence-electron chi connectivity index (χ2n) is 2.86. The van der Waals surface area contributed by atoms with Crippen LogP contribution >= 0.6 is 11.5 Å². The molecule has 0 aliphatic carbocycles. The van der Waals surface area contributed by atoms with Gasteiger partial charge in [0.05, 0.1) is 18.3 Å². The molecule has 0 saturated carbocycles. The number of hydrogen-bond donors (Lipinski definition) is 0. The van der Waals surface area contributed by atoms with E-state index in [1.54, 1.807) is 5.38 Å². The number of hydrogen-bond acceptors (Lipinski definition) is 5. The Hall–Kier alpha value is -1.69. The van der Waals surface area contributed by atoms with Crippen LogP contribution in [0.2, 0.25) is 0 Å². The first-order valence-electron chi connectivity index (χ1n) is 4.16. The Morgan fingerprint density at radius 3 is 2.93 bits per heavy atom. The van der Waals surface area contributed by atoms with Crippen molar-refractivity contribution in [2.75, 3.05) is 0 Å². The maximum atomic E-state index is 12.5. The number of carbonyl (C=O) groups is 1. The Balaban J connectivity index is 2.11. The average Bonchev–Trinajstić information content (AvgIpc) is 2.71. The molecule has 0 fully saturated rings. The molecule has 15 heavy (non-hydrogen) atoms. The Kier molecular flexibility index (Phi) is 2.77. The van der Waals surface area contributed by atoms with Gasteiger partial charge in [0.2, 0.25) is 0 Å². The summed E-state index contributed by atoms with van der Waals surface area (Å²) >= 11 is 1.19. The van der Waals surface area contributed by atoms with Gasteiger partial charge in [-0.1, -0.05) is 4.49 Å². The second kappa shape index (κ2) is 4.22. The van der Waals surface area contributed by atoms with E-state index < -0.39 is 5.82 Å². The minimum atomic E-state index is -0.457. The summed E-state index contributed by atoms with van der Waals surface area (Å²) < 4.78 is 16.2. The van der Waals surface area contributed by atoms with E-state index in [0.717, 1.165) is 6.20 Å². The van der Waals surface area contributed by atoms with Crippen LogP contribution in [0.5, 0.6) is 0 Å². The zero-order valence-corrected chi connectivity index (χ0v) is 8.37. The molecule has 2 heterocycles. The summed E-state index contributed by atoms with van der Waals surface area (Å²) in [6.45, 7) is 0. The van der Waals surface area contributed by atoms with E-state index in [-0.39, 0.29) is 17.9 Å². The Morgan fingerprint density at radius 2 is 2.33 bits per heavy atom. The largest absolute Gasteiger partial charge is 0.292 e. The lowest BCUT2D eigenvalue weighted by molar-refractivity contribution is 0.0987. The average molecular weight is 223 g/mol. The summed E-state index contributed by atoms with van der Waals surface area (Å²) in [7, 11) is 0. The molecule has 2 rings (SSSR count). The predicted molar refractivity (Wildman–Crippen MR) is 52.1 cm³/mol. The van der Waals surface area contributed by atoms with E-state index in [1.165, 1.54) is 23.7 Å². The third-order valence-corrected chi connectivity index (χ3v) is 2.31. The molecule has 2 aromatic heterocycles. The molecule has 0 spiro atoms. The molecule has 0 aromatic carbocycles. The number of nitrogens with zero attached hydrogens (tertiary/aromatic N) is 3. The van der Waals surface area contributed by atoms with Crippen molar-refractivity contribution in [2.24, 2.45) is 0 Å². The first-order chi connectivity index (χ1) is 7.25. The molecule has 0 N–H and O–H groups in total. The molecule has 2 aromatic rings. The van der Waals surface area contributed by atoms with Gasteiger partial charge in [-0.2, -0.15) is 0 Å². The van der Waals surface area contributed by atoms with E-state index >= 15 is 0 Å². The Bertz CT molecular complexity index is 455. The zero-order chi connectivity index (χ0) is 10.7. The quantitative estimate of drug-likeness (QED) is 0.740. The summed E-state index contributed by atoms with van der Waals surface area (Å²) in [6, 6.07) is 2.57.